The Hall–Kier alpha value is -1.69. The molecule has 2 heterocycles. The predicted octanol–water partition coefficient (Wildman–Crippen LogP) is 2.42. The maximum Gasteiger partial charge on any atom is 0.315 e. The van der Waals surface area contributed by atoms with E-state index in [-0.39, 0.29) is 17.9 Å². The van der Waals surface area contributed by atoms with Gasteiger partial charge in [-0.1, -0.05) is 12.2 Å². The summed E-state index contributed by atoms with van der Waals surface area (Å²) in [5.74, 6) is 0. The maximum absolute atomic E-state index is 11.0. The quantitative estimate of drug-likeness (QED) is 0.486. The highest BCUT2D eigenvalue weighted by Crippen LogP contribution is 2.33. The first-order valence-corrected chi connectivity index (χ1v) is 5.61. The van der Waals surface area contributed by atoms with E-state index in [9.17, 15) is 10.1 Å². The van der Waals surface area contributed by atoms with E-state index in [1.807, 2.05) is 19.1 Å². The molecule has 1 aliphatic heterocycles. The SMILES string of the molecule is Cc1[nH]nc([C@@H]2CCC=C[C@H](C)O2)c1[N+](=O)[O-]. The van der Waals surface area contributed by atoms with Crippen LogP contribution in [0.3, 0.4) is 0 Å². The van der Waals surface area contributed by atoms with Crippen LogP contribution in [0.15, 0.2) is 12.2 Å². The summed E-state index contributed by atoms with van der Waals surface area (Å²) in [4.78, 5) is 10.6. The number of aryl methyl sites for hydroxylation is 1. The Morgan fingerprint density at radius 3 is 3.12 bits per heavy atom. The maximum atomic E-state index is 11.0. The third kappa shape index (κ3) is 2.36. The Labute approximate surface area is 98.8 Å². The monoisotopic (exact) mass is 237 g/mol. The zero-order valence-corrected chi connectivity index (χ0v) is 9.84. The molecule has 1 aromatic rings. The lowest BCUT2D eigenvalue weighted by Gasteiger charge is -2.15. The number of nitrogens with one attached hydrogen (secondary N) is 1. The largest absolute Gasteiger partial charge is 0.365 e. The Balaban J connectivity index is 2.30. The number of nitro groups is 1. The molecule has 0 unspecified atom stereocenters. The number of allylic oxidation sites excluding steroid dienone is 1. The van der Waals surface area contributed by atoms with Gasteiger partial charge in [0.05, 0.1) is 11.0 Å². The Kier molecular flexibility index (Phi) is 3.23. The van der Waals surface area contributed by atoms with Gasteiger partial charge in [-0.3, -0.25) is 15.2 Å². The summed E-state index contributed by atoms with van der Waals surface area (Å²) in [7, 11) is 0. The second kappa shape index (κ2) is 4.67. The fourth-order valence-electron chi connectivity index (χ4n) is 2.01. The van der Waals surface area contributed by atoms with Crippen LogP contribution in [-0.2, 0) is 4.74 Å². The number of ether oxygens (including phenoxy) is 1. The Morgan fingerprint density at radius 1 is 1.65 bits per heavy atom. The molecule has 0 aliphatic carbocycles. The van der Waals surface area contributed by atoms with Crippen LogP contribution in [0.5, 0.6) is 0 Å². The fraction of sp³-hybridized carbons (Fsp3) is 0.545. The summed E-state index contributed by atoms with van der Waals surface area (Å²) in [6.07, 6.45) is 5.20. The third-order valence-corrected chi connectivity index (χ3v) is 2.81. The Morgan fingerprint density at radius 2 is 2.41 bits per heavy atom. The normalized spacial score (nSPS) is 24.6. The van der Waals surface area contributed by atoms with Crippen LogP contribution in [0.4, 0.5) is 5.69 Å². The fourth-order valence-corrected chi connectivity index (χ4v) is 2.01. The average molecular weight is 237 g/mol. The molecule has 0 saturated heterocycles. The molecule has 0 aromatic carbocycles. The van der Waals surface area contributed by atoms with Gasteiger partial charge in [-0.05, 0) is 26.7 Å². The molecule has 6 heteroatoms. The standard InChI is InChI=1S/C11H15N3O3/c1-7-5-3-4-6-9(17-7)10-11(14(15)16)8(2)12-13-10/h3,5,7,9H,4,6H2,1-2H3,(H,12,13)/t7-,9-/m0/s1. The van der Waals surface area contributed by atoms with E-state index in [1.165, 1.54) is 0 Å². The van der Waals surface area contributed by atoms with Gasteiger partial charge in [0.2, 0.25) is 0 Å². The van der Waals surface area contributed by atoms with Gasteiger partial charge in [-0.15, -0.1) is 0 Å². The zero-order chi connectivity index (χ0) is 12.4. The molecular formula is C11H15N3O3. The van der Waals surface area contributed by atoms with Crippen LogP contribution in [0.2, 0.25) is 0 Å². The third-order valence-electron chi connectivity index (χ3n) is 2.81. The molecular weight excluding hydrogens is 222 g/mol. The van der Waals surface area contributed by atoms with Gasteiger partial charge in [0.25, 0.3) is 0 Å². The number of hydrogen-bond acceptors (Lipinski definition) is 4. The van der Waals surface area contributed by atoms with Crippen LogP contribution in [0.25, 0.3) is 0 Å². The molecule has 1 N–H and O–H groups in total. The zero-order valence-electron chi connectivity index (χ0n) is 9.84. The van der Waals surface area contributed by atoms with Crippen molar-refractivity contribution in [3.8, 4) is 0 Å². The van der Waals surface area contributed by atoms with E-state index >= 15 is 0 Å². The van der Waals surface area contributed by atoms with Gasteiger partial charge >= 0.3 is 5.69 Å². The van der Waals surface area contributed by atoms with Crippen molar-refractivity contribution in [2.75, 3.05) is 0 Å². The van der Waals surface area contributed by atoms with Gasteiger partial charge in [-0.25, -0.2) is 0 Å². The van der Waals surface area contributed by atoms with Crippen molar-refractivity contribution in [2.45, 2.75) is 38.9 Å². The summed E-state index contributed by atoms with van der Waals surface area (Å²) < 4.78 is 5.73. The van der Waals surface area contributed by atoms with Crippen molar-refractivity contribution in [3.05, 3.63) is 33.7 Å². The van der Waals surface area contributed by atoms with Crippen LogP contribution in [0.1, 0.15) is 37.3 Å². The molecule has 0 radical (unpaired) electrons. The van der Waals surface area contributed by atoms with Crippen molar-refractivity contribution in [1.29, 1.82) is 0 Å². The summed E-state index contributed by atoms with van der Waals surface area (Å²) in [6.45, 7) is 3.56. The van der Waals surface area contributed by atoms with E-state index in [0.717, 1.165) is 6.42 Å². The highest BCUT2D eigenvalue weighted by Gasteiger charge is 2.30. The first-order chi connectivity index (χ1) is 8.09. The number of hydrogen-bond donors (Lipinski definition) is 1. The summed E-state index contributed by atoms with van der Waals surface area (Å²) in [5, 5.41) is 17.7. The lowest BCUT2D eigenvalue weighted by Crippen LogP contribution is -2.11. The number of nitrogens with zero attached hydrogens (tertiary/aromatic N) is 2. The van der Waals surface area contributed by atoms with Gasteiger partial charge in [0, 0.05) is 0 Å². The molecule has 2 rings (SSSR count). The molecule has 17 heavy (non-hydrogen) atoms. The van der Waals surface area contributed by atoms with Crippen molar-refractivity contribution in [3.63, 3.8) is 0 Å². The summed E-state index contributed by atoms with van der Waals surface area (Å²) in [6, 6.07) is 0. The van der Waals surface area contributed by atoms with Crippen LogP contribution in [0, 0.1) is 17.0 Å². The van der Waals surface area contributed by atoms with E-state index in [4.69, 9.17) is 4.74 Å². The lowest BCUT2D eigenvalue weighted by atomic mass is 10.1. The molecule has 0 bridgehead atoms. The van der Waals surface area contributed by atoms with Crippen molar-refractivity contribution < 1.29 is 9.66 Å². The molecule has 2 atom stereocenters. The lowest BCUT2D eigenvalue weighted by molar-refractivity contribution is -0.386. The molecule has 1 aliphatic rings. The smallest absolute Gasteiger partial charge is 0.315 e. The minimum Gasteiger partial charge on any atom is -0.365 e. The molecule has 0 fully saturated rings. The Bertz CT molecular complexity index is 453. The number of aromatic nitrogens is 2. The average Bonchev–Trinajstić information content (AvgIpc) is 2.51. The van der Waals surface area contributed by atoms with Crippen molar-refractivity contribution >= 4 is 5.69 Å². The molecule has 0 saturated carbocycles. The van der Waals surface area contributed by atoms with E-state index in [0.29, 0.717) is 17.8 Å². The second-order valence-electron chi connectivity index (χ2n) is 4.17. The van der Waals surface area contributed by atoms with Gasteiger partial charge in [0.15, 0.2) is 5.69 Å². The summed E-state index contributed by atoms with van der Waals surface area (Å²) in [5.41, 5.74) is 0.922. The topological polar surface area (TPSA) is 81.0 Å². The number of aromatic amines is 1. The van der Waals surface area contributed by atoms with E-state index in [2.05, 4.69) is 10.2 Å². The molecule has 0 spiro atoms. The number of rotatable bonds is 2. The van der Waals surface area contributed by atoms with E-state index in [1.54, 1.807) is 6.92 Å². The van der Waals surface area contributed by atoms with Gasteiger partial charge < -0.3 is 4.74 Å². The molecule has 6 nitrogen and oxygen atoms in total. The second-order valence-corrected chi connectivity index (χ2v) is 4.17. The predicted molar refractivity (Wildman–Crippen MR) is 61.6 cm³/mol. The highest BCUT2D eigenvalue weighted by atomic mass is 16.6. The van der Waals surface area contributed by atoms with Crippen molar-refractivity contribution in [1.82, 2.24) is 10.2 Å². The minimum absolute atomic E-state index is 0.0425. The number of H-pyrrole nitrogens is 1. The van der Waals surface area contributed by atoms with Gasteiger partial charge in [0.1, 0.15) is 11.8 Å². The minimum atomic E-state index is -0.402. The highest BCUT2D eigenvalue weighted by molar-refractivity contribution is 5.41. The van der Waals surface area contributed by atoms with Crippen molar-refractivity contribution in [2.24, 2.45) is 0 Å². The molecule has 92 valence electrons. The first-order valence-electron chi connectivity index (χ1n) is 5.61. The first kappa shape index (κ1) is 11.8. The van der Waals surface area contributed by atoms with Gasteiger partial charge in [-0.2, -0.15) is 5.10 Å². The van der Waals surface area contributed by atoms with E-state index < -0.39 is 4.92 Å². The molecule has 0 amide bonds. The molecule has 1 aromatic heterocycles. The van der Waals surface area contributed by atoms with Crippen LogP contribution >= 0.6 is 0 Å². The van der Waals surface area contributed by atoms with Crippen LogP contribution in [-0.4, -0.2) is 21.2 Å². The van der Waals surface area contributed by atoms with Crippen LogP contribution < -0.4 is 0 Å². The summed E-state index contributed by atoms with van der Waals surface area (Å²) >= 11 is 0.